The van der Waals surface area contributed by atoms with E-state index >= 15 is 0 Å². The fraction of sp³-hybridized carbons (Fsp3) is 0.615. The Labute approximate surface area is 109 Å². The minimum atomic E-state index is -4.34. The molecule has 0 unspecified atom stereocenters. The molecule has 2 fully saturated rings. The smallest absolute Gasteiger partial charge is 0.370 e. The largest absolute Gasteiger partial charge is 0.419 e. The Hall–Kier alpha value is -1.30. The zero-order valence-corrected chi connectivity index (χ0v) is 10.5. The summed E-state index contributed by atoms with van der Waals surface area (Å²) in [5.74, 6) is 0. The number of hydrogen-bond donors (Lipinski definition) is 1. The van der Waals surface area contributed by atoms with Crippen molar-refractivity contribution in [1.82, 2.24) is 10.3 Å². The van der Waals surface area contributed by atoms with Gasteiger partial charge in [0.15, 0.2) is 0 Å². The van der Waals surface area contributed by atoms with E-state index in [4.69, 9.17) is 0 Å². The van der Waals surface area contributed by atoms with Gasteiger partial charge in [-0.25, -0.2) is 0 Å². The summed E-state index contributed by atoms with van der Waals surface area (Å²) >= 11 is 0. The molecule has 0 aromatic carbocycles. The minimum Gasteiger partial charge on any atom is -0.370 e. The average Bonchev–Trinajstić information content (AvgIpc) is 2.36. The van der Waals surface area contributed by atoms with Crippen LogP contribution in [0.2, 0.25) is 0 Å². The second-order valence-electron chi connectivity index (χ2n) is 5.52. The number of alkyl halides is 3. The van der Waals surface area contributed by atoms with Crippen LogP contribution in [-0.4, -0.2) is 31.2 Å². The molecule has 3 rings (SSSR count). The Kier molecular flexibility index (Phi) is 2.92. The Bertz CT molecular complexity index is 468. The molecule has 0 atom stereocenters. The van der Waals surface area contributed by atoms with Crippen molar-refractivity contribution in [3.8, 4) is 0 Å². The molecule has 1 N–H and O–H groups in total. The first-order valence-corrected chi connectivity index (χ1v) is 6.47. The summed E-state index contributed by atoms with van der Waals surface area (Å²) < 4.78 is 39.0. The molecule has 2 aliphatic rings. The Morgan fingerprint density at radius 1 is 1.32 bits per heavy atom. The summed E-state index contributed by atoms with van der Waals surface area (Å²) in [6.07, 6.45) is 0.0663. The number of hydrogen-bond acceptors (Lipinski definition) is 3. The van der Waals surface area contributed by atoms with E-state index in [0.29, 0.717) is 13.1 Å². The molecule has 6 heteroatoms. The van der Waals surface area contributed by atoms with E-state index in [1.807, 2.05) is 4.90 Å². The normalized spacial score (nSPS) is 22.4. The van der Waals surface area contributed by atoms with Gasteiger partial charge in [-0.05, 0) is 18.9 Å². The van der Waals surface area contributed by atoms with Gasteiger partial charge in [0.1, 0.15) is 0 Å². The van der Waals surface area contributed by atoms with Gasteiger partial charge in [-0.2, -0.15) is 13.2 Å². The first-order chi connectivity index (χ1) is 9.00. The fourth-order valence-corrected chi connectivity index (χ4v) is 3.06. The average molecular weight is 271 g/mol. The van der Waals surface area contributed by atoms with Crippen LogP contribution in [0.3, 0.4) is 0 Å². The first-order valence-electron chi connectivity index (χ1n) is 6.47. The summed E-state index contributed by atoms with van der Waals surface area (Å²) in [5.41, 5.74) is -0.183. The maximum atomic E-state index is 13.0. The first kappa shape index (κ1) is 12.7. The predicted octanol–water partition coefficient (Wildman–Crippen LogP) is 2.29. The van der Waals surface area contributed by atoms with Crippen LogP contribution in [0.1, 0.15) is 18.4 Å². The van der Waals surface area contributed by atoms with Crippen molar-refractivity contribution in [1.29, 1.82) is 0 Å². The van der Waals surface area contributed by atoms with Crippen LogP contribution >= 0.6 is 0 Å². The van der Waals surface area contributed by atoms with Crippen LogP contribution in [0.4, 0.5) is 18.9 Å². The van der Waals surface area contributed by atoms with E-state index < -0.39 is 11.7 Å². The highest BCUT2D eigenvalue weighted by molar-refractivity contribution is 5.54. The van der Waals surface area contributed by atoms with Crippen LogP contribution in [0.5, 0.6) is 0 Å². The SMILES string of the molecule is FC(F)(F)c1cnccc1N1CCCC2(CNC2)C1. The van der Waals surface area contributed by atoms with Crippen molar-refractivity contribution in [3.63, 3.8) is 0 Å². The van der Waals surface area contributed by atoms with Crippen LogP contribution in [0.25, 0.3) is 0 Å². The molecule has 0 aliphatic carbocycles. The van der Waals surface area contributed by atoms with Crippen LogP contribution in [0, 0.1) is 5.41 Å². The highest BCUT2D eigenvalue weighted by atomic mass is 19.4. The van der Waals surface area contributed by atoms with Gasteiger partial charge in [0.2, 0.25) is 0 Å². The van der Waals surface area contributed by atoms with Crippen molar-refractivity contribution in [2.24, 2.45) is 5.41 Å². The van der Waals surface area contributed by atoms with Gasteiger partial charge < -0.3 is 10.2 Å². The summed E-state index contributed by atoms with van der Waals surface area (Å²) in [6, 6.07) is 1.48. The lowest BCUT2D eigenvalue weighted by Crippen LogP contribution is -2.61. The molecular weight excluding hydrogens is 255 g/mol. The molecule has 0 bridgehead atoms. The van der Waals surface area contributed by atoms with Crippen molar-refractivity contribution < 1.29 is 13.2 Å². The van der Waals surface area contributed by atoms with Gasteiger partial charge in [-0.1, -0.05) is 0 Å². The standard InChI is InChI=1S/C13H16F3N3/c14-13(15,16)10-6-17-4-2-11(10)19-5-1-3-12(9-19)7-18-8-12/h2,4,6,18H,1,3,5,7-9H2. The number of aromatic nitrogens is 1. The lowest BCUT2D eigenvalue weighted by atomic mass is 9.75. The summed E-state index contributed by atoms with van der Waals surface area (Å²) in [6.45, 7) is 3.22. The molecule has 3 heterocycles. The topological polar surface area (TPSA) is 28.2 Å². The monoisotopic (exact) mass is 271 g/mol. The molecule has 0 radical (unpaired) electrons. The number of nitrogens with zero attached hydrogens (tertiary/aromatic N) is 2. The summed E-state index contributed by atoms with van der Waals surface area (Å²) in [7, 11) is 0. The van der Waals surface area contributed by atoms with Gasteiger partial charge in [0.25, 0.3) is 0 Å². The van der Waals surface area contributed by atoms with Crippen LogP contribution < -0.4 is 10.2 Å². The quantitative estimate of drug-likeness (QED) is 0.849. The lowest BCUT2D eigenvalue weighted by Gasteiger charge is -2.50. The molecular formula is C13H16F3N3. The number of rotatable bonds is 1. The molecule has 104 valence electrons. The van der Waals surface area contributed by atoms with E-state index in [2.05, 4.69) is 10.3 Å². The highest BCUT2D eigenvalue weighted by Gasteiger charge is 2.42. The molecule has 3 nitrogen and oxygen atoms in total. The van der Waals surface area contributed by atoms with Gasteiger partial charge in [-0.3, -0.25) is 4.98 Å². The number of piperidine rings is 1. The Morgan fingerprint density at radius 2 is 2.11 bits per heavy atom. The molecule has 19 heavy (non-hydrogen) atoms. The van der Waals surface area contributed by atoms with Gasteiger partial charge >= 0.3 is 6.18 Å². The molecule has 0 saturated carbocycles. The van der Waals surface area contributed by atoms with E-state index in [9.17, 15) is 13.2 Å². The predicted molar refractivity (Wildman–Crippen MR) is 66.0 cm³/mol. The van der Waals surface area contributed by atoms with E-state index in [1.165, 1.54) is 12.3 Å². The number of halogens is 3. The van der Waals surface area contributed by atoms with E-state index in [1.54, 1.807) is 0 Å². The molecule has 1 aromatic rings. The molecule has 2 saturated heterocycles. The Morgan fingerprint density at radius 3 is 2.74 bits per heavy atom. The minimum absolute atomic E-state index is 0.171. The lowest BCUT2D eigenvalue weighted by molar-refractivity contribution is -0.137. The maximum absolute atomic E-state index is 13.0. The third kappa shape index (κ3) is 2.29. The molecule has 2 aliphatic heterocycles. The third-order valence-corrected chi connectivity index (χ3v) is 4.11. The van der Waals surface area contributed by atoms with Crippen molar-refractivity contribution in [2.75, 3.05) is 31.1 Å². The second kappa shape index (κ2) is 4.37. The van der Waals surface area contributed by atoms with Crippen molar-refractivity contribution in [3.05, 3.63) is 24.0 Å². The van der Waals surface area contributed by atoms with Crippen LogP contribution in [0.15, 0.2) is 18.5 Å². The van der Waals surface area contributed by atoms with Gasteiger partial charge in [0.05, 0.1) is 11.3 Å². The number of pyridine rings is 1. The van der Waals surface area contributed by atoms with Crippen LogP contribution in [-0.2, 0) is 6.18 Å². The Balaban J connectivity index is 1.89. The van der Waals surface area contributed by atoms with E-state index in [-0.39, 0.29) is 11.1 Å². The number of anilines is 1. The fourth-order valence-electron chi connectivity index (χ4n) is 3.06. The molecule has 1 spiro atoms. The zero-order valence-electron chi connectivity index (χ0n) is 10.5. The zero-order chi connectivity index (χ0) is 13.5. The summed E-state index contributed by atoms with van der Waals surface area (Å²) in [5, 5.41) is 3.23. The van der Waals surface area contributed by atoms with Crippen molar-refractivity contribution in [2.45, 2.75) is 19.0 Å². The highest BCUT2D eigenvalue weighted by Crippen LogP contribution is 2.40. The van der Waals surface area contributed by atoms with Gasteiger partial charge in [0, 0.05) is 44.0 Å². The van der Waals surface area contributed by atoms with Crippen molar-refractivity contribution >= 4 is 5.69 Å². The maximum Gasteiger partial charge on any atom is 0.419 e. The molecule has 1 aromatic heterocycles. The van der Waals surface area contributed by atoms with Gasteiger partial charge in [-0.15, -0.1) is 0 Å². The second-order valence-corrected chi connectivity index (χ2v) is 5.52. The third-order valence-electron chi connectivity index (χ3n) is 4.11. The van der Waals surface area contributed by atoms with E-state index in [0.717, 1.165) is 32.1 Å². The molecule has 0 amide bonds. The number of nitrogens with one attached hydrogen (secondary N) is 1. The summed E-state index contributed by atoms with van der Waals surface area (Å²) in [4.78, 5) is 5.49.